The maximum atomic E-state index is 13.5. The summed E-state index contributed by atoms with van der Waals surface area (Å²) in [6, 6.07) is 7.83. The zero-order valence-electron chi connectivity index (χ0n) is 18.7. The topological polar surface area (TPSA) is 68.3 Å². The highest BCUT2D eigenvalue weighted by Crippen LogP contribution is 2.33. The molecule has 8 heteroatoms. The van der Waals surface area contributed by atoms with Gasteiger partial charge in [-0.1, -0.05) is 6.07 Å². The largest absolute Gasteiger partial charge is 0.454 e. The van der Waals surface area contributed by atoms with Crippen molar-refractivity contribution < 1.29 is 23.8 Å². The molecule has 1 aliphatic heterocycles. The fourth-order valence-electron chi connectivity index (χ4n) is 3.75. The van der Waals surface area contributed by atoms with Gasteiger partial charge in [0, 0.05) is 37.6 Å². The van der Waals surface area contributed by atoms with Gasteiger partial charge in [0.15, 0.2) is 11.5 Å². The second kappa shape index (κ2) is 10.4. The number of benzene rings is 1. The highest BCUT2D eigenvalue weighted by molar-refractivity contribution is 7.10. The van der Waals surface area contributed by atoms with Gasteiger partial charge < -0.3 is 24.0 Å². The van der Waals surface area contributed by atoms with Crippen LogP contribution in [0.5, 0.6) is 11.5 Å². The number of ether oxygens (including phenoxy) is 3. The Morgan fingerprint density at radius 3 is 2.66 bits per heavy atom. The van der Waals surface area contributed by atoms with Crippen molar-refractivity contribution in [3.8, 4) is 11.5 Å². The number of thiophene rings is 1. The standard InChI is InChI=1S/C24H30N2O5S/c1-17-8-11-32-22(17)14-26(13-18-4-7-20-21(12-18)31-16-30-20)23(27)15-25(9-3-10-29-2)24(28)19-5-6-19/h4,7-8,11-12,19H,3,5-6,9-10,13-16H2,1-2H3. The molecule has 0 radical (unpaired) electrons. The quantitative estimate of drug-likeness (QED) is 0.482. The van der Waals surface area contributed by atoms with Crippen LogP contribution in [-0.4, -0.2) is 55.2 Å². The molecule has 2 heterocycles. The molecule has 2 amide bonds. The lowest BCUT2D eigenvalue weighted by Gasteiger charge is -2.28. The fourth-order valence-corrected chi connectivity index (χ4v) is 4.67. The van der Waals surface area contributed by atoms with Crippen LogP contribution in [0.1, 0.15) is 35.3 Å². The number of carbonyl (C=O) groups excluding carboxylic acids is 2. The summed E-state index contributed by atoms with van der Waals surface area (Å²) in [5.74, 6) is 1.53. The van der Waals surface area contributed by atoms with Crippen LogP contribution in [0.2, 0.25) is 0 Å². The van der Waals surface area contributed by atoms with Crippen LogP contribution < -0.4 is 9.47 Å². The molecule has 2 aliphatic rings. The van der Waals surface area contributed by atoms with E-state index in [9.17, 15) is 9.59 Å². The number of fused-ring (bicyclic) bond motifs is 1. The lowest BCUT2D eigenvalue weighted by Crippen LogP contribution is -2.43. The third-order valence-electron chi connectivity index (χ3n) is 5.81. The molecule has 2 aromatic rings. The number of nitrogens with zero attached hydrogens (tertiary/aromatic N) is 2. The van der Waals surface area contributed by atoms with Crippen molar-refractivity contribution in [1.29, 1.82) is 0 Å². The summed E-state index contributed by atoms with van der Waals surface area (Å²) in [5, 5.41) is 2.04. The molecule has 7 nitrogen and oxygen atoms in total. The van der Waals surface area contributed by atoms with E-state index in [0.717, 1.165) is 29.0 Å². The maximum absolute atomic E-state index is 13.5. The Hall–Kier alpha value is -2.58. The van der Waals surface area contributed by atoms with Crippen molar-refractivity contribution in [2.45, 2.75) is 39.3 Å². The summed E-state index contributed by atoms with van der Waals surface area (Å²) in [6.45, 7) is 4.42. The molecule has 1 saturated carbocycles. The van der Waals surface area contributed by atoms with Crippen LogP contribution in [0.15, 0.2) is 29.6 Å². The van der Waals surface area contributed by atoms with Crippen LogP contribution in [0.3, 0.4) is 0 Å². The Bertz CT molecular complexity index is 956. The molecule has 1 aliphatic carbocycles. The molecular weight excluding hydrogens is 428 g/mol. The van der Waals surface area contributed by atoms with Crippen molar-refractivity contribution in [2.24, 2.45) is 5.92 Å². The molecule has 0 saturated heterocycles. The number of rotatable bonds is 11. The highest BCUT2D eigenvalue weighted by atomic mass is 32.1. The van der Waals surface area contributed by atoms with Crippen molar-refractivity contribution in [1.82, 2.24) is 9.80 Å². The van der Waals surface area contributed by atoms with Gasteiger partial charge in [0.2, 0.25) is 18.6 Å². The van der Waals surface area contributed by atoms with E-state index in [0.29, 0.717) is 38.4 Å². The molecular formula is C24H30N2O5S. The minimum absolute atomic E-state index is 0.0538. The zero-order chi connectivity index (χ0) is 22.5. The molecule has 0 bridgehead atoms. The van der Waals surface area contributed by atoms with Gasteiger partial charge in [-0.05, 0) is 60.9 Å². The Balaban J connectivity index is 1.50. The van der Waals surface area contributed by atoms with Crippen molar-refractivity contribution in [3.05, 3.63) is 45.6 Å². The molecule has 4 rings (SSSR count). The summed E-state index contributed by atoms with van der Waals surface area (Å²) in [5.41, 5.74) is 2.14. The van der Waals surface area contributed by atoms with Gasteiger partial charge in [0.1, 0.15) is 0 Å². The minimum Gasteiger partial charge on any atom is -0.454 e. The highest BCUT2D eigenvalue weighted by Gasteiger charge is 2.34. The molecule has 1 fully saturated rings. The third-order valence-corrected chi connectivity index (χ3v) is 6.81. The molecule has 1 aromatic heterocycles. The van der Waals surface area contributed by atoms with E-state index in [1.807, 2.05) is 28.5 Å². The van der Waals surface area contributed by atoms with Crippen LogP contribution in [0.25, 0.3) is 0 Å². The van der Waals surface area contributed by atoms with Crippen LogP contribution in [0, 0.1) is 12.8 Å². The monoisotopic (exact) mass is 458 g/mol. The van der Waals surface area contributed by atoms with E-state index in [-0.39, 0.29) is 31.1 Å². The molecule has 0 atom stereocenters. The lowest BCUT2D eigenvalue weighted by atomic mass is 10.1. The van der Waals surface area contributed by atoms with Gasteiger partial charge in [-0.15, -0.1) is 11.3 Å². The van der Waals surface area contributed by atoms with E-state index in [1.165, 1.54) is 5.56 Å². The first kappa shape index (κ1) is 22.6. The average Bonchev–Trinajstić information content (AvgIpc) is 3.40. The first-order valence-electron chi connectivity index (χ1n) is 11.0. The first-order chi connectivity index (χ1) is 15.5. The van der Waals surface area contributed by atoms with E-state index in [4.69, 9.17) is 14.2 Å². The maximum Gasteiger partial charge on any atom is 0.242 e. The van der Waals surface area contributed by atoms with Crippen LogP contribution >= 0.6 is 11.3 Å². The number of methoxy groups -OCH3 is 1. The molecule has 0 N–H and O–H groups in total. The van der Waals surface area contributed by atoms with E-state index in [1.54, 1.807) is 23.3 Å². The molecule has 1 aromatic carbocycles. The second-order valence-corrected chi connectivity index (χ2v) is 9.35. The zero-order valence-corrected chi connectivity index (χ0v) is 19.5. The lowest BCUT2D eigenvalue weighted by molar-refractivity contribution is -0.142. The van der Waals surface area contributed by atoms with Crippen molar-refractivity contribution in [2.75, 3.05) is 33.6 Å². The Morgan fingerprint density at radius 2 is 1.94 bits per heavy atom. The normalized spacial score (nSPS) is 14.4. The fraction of sp³-hybridized carbons (Fsp3) is 0.500. The summed E-state index contributed by atoms with van der Waals surface area (Å²) < 4.78 is 16.1. The summed E-state index contributed by atoms with van der Waals surface area (Å²) >= 11 is 1.65. The second-order valence-electron chi connectivity index (χ2n) is 8.34. The van der Waals surface area contributed by atoms with Gasteiger partial charge in [-0.25, -0.2) is 0 Å². The molecule has 0 unspecified atom stereocenters. The smallest absolute Gasteiger partial charge is 0.242 e. The molecule has 32 heavy (non-hydrogen) atoms. The van der Waals surface area contributed by atoms with Gasteiger partial charge in [0.05, 0.1) is 13.1 Å². The van der Waals surface area contributed by atoms with Gasteiger partial charge in [-0.2, -0.15) is 0 Å². The van der Waals surface area contributed by atoms with Gasteiger partial charge >= 0.3 is 0 Å². The van der Waals surface area contributed by atoms with Gasteiger partial charge in [-0.3, -0.25) is 9.59 Å². The van der Waals surface area contributed by atoms with E-state index < -0.39 is 0 Å². The summed E-state index contributed by atoms with van der Waals surface area (Å²) in [4.78, 5) is 31.0. The van der Waals surface area contributed by atoms with Crippen molar-refractivity contribution >= 4 is 23.2 Å². The minimum atomic E-state index is -0.0538. The predicted molar refractivity (Wildman–Crippen MR) is 122 cm³/mol. The predicted octanol–water partition coefficient (Wildman–Crippen LogP) is 3.59. The Kier molecular flexibility index (Phi) is 7.32. The Labute approximate surface area is 192 Å². The molecule has 172 valence electrons. The first-order valence-corrected chi connectivity index (χ1v) is 11.9. The number of hydrogen-bond donors (Lipinski definition) is 0. The third kappa shape index (κ3) is 5.61. The SMILES string of the molecule is COCCCN(CC(=O)N(Cc1ccc2c(c1)OCO2)Cc1sccc1C)C(=O)C1CC1. The number of carbonyl (C=O) groups is 2. The molecule has 0 spiro atoms. The van der Waals surface area contributed by atoms with Crippen LogP contribution in [0.4, 0.5) is 0 Å². The van der Waals surface area contributed by atoms with E-state index >= 15 is 0 Å². The van der Waals surface area contributed by atoms with Crippen LogP contribution in [-0.2, 0) is 27.4 Å². The number of aryl methyl sites for hydroxylation is 1. The summed E-state index contributed by atoms with van der Waals surface area (Å²) in [6.07, 6.45) is 2.56. The number of amides is 2. The van der Waals surface area contributed by atoms with E-state index in [2.05, 4.69) is 13.0 Å². The van der Waals surface area contributed by atoms with Crippen molar-refractivity contribution in [3.63, 3.8) is 0 Å². The number of hydrogen-bond acceptors (Lipinski definition) is 6. The van der Waals surface area contributed by atoms with Gasteiger partial charge in [0.25, 0.3) is 0 Å². The summed E-state index contributed by atoms with van der Waals surface area (Å²) in [7, 11) is 1.65. The average molecular weight is 459 g/mol. The Morgan fingerprint density at radius 1 is 1.12 bits per heavy atom.